The fourth-order valence-corrected chi connectivity index (χ4v) is 3.58. The van der Waals surface area contributed by atoms with Gasteiger partial charge >= 0.3 is 0 Å². The summed E-state index contributed by atoms with van der Waals surface area (Å²) in [6, 6.07) is 12.1. The molecule has 0 amide bonds. The van der Waals surface area contributed by atoms with Crippen LogP contribution in [0.4, 0.5) is 11.8 Å². The predicted molar refractivity (Wildman–Crippen MR) is 125 cm³/mol. The third-order valence-electron chi connectivity index (χ3n) is 5.28. The van der Waals surface area contributed by atoms with E-state index in [2.05, 4.69) is 44.5 Å². The zero-order valence-electron chi connectivity index (χ0n) is 18.1. The van der Waals surface area contributed by atoms with E-state index >= 15 is 0 Å². The molecule has 0 radical (unpaired) electrons. The lowest BCUT2D eigenvalue weighted by Crippen LogP contribution is -2.37. The number of ether oxygens (including phenoxy) is 1. The maximum atomic E-state index is 5.49. The first-order valence-electron chi connectivity index (χ1n) is 10.5. The molecule has 1 saturated heterocycles. The van der Waals surface area contributed by atoms with Gasteiger partial charge in [0.05, 0.1) is 31.3 Å². The number of pyridine rings is 1. The first-order valence-corrected chi connectivity index (χ1v) is 10.5. The number of hydrazone groups is 1. The van der Waals surface area contributed by atoms with Crippen LogP contribution in [0.25, 0.3) is 16.9 Å². The largest absolute Gasteiger partial charge is 0.378 e. The first-order chi connectivity index (χ1) is 15.7. The maximum absolute atomic E-state index is 5.49. The number of nitrogens with zero attached hydrogens (tertiary/aromatic N) is 7. The van der Waals surface area contributed by atoms with Crippen LogP contribution in [0.1, 0.15) is 16.8 Å². The van der Waals surface area contributed by atoms with Crippen LogP contribution in [-0.4, -0.2) is 57.0 Å². The Morgan fingerprint density at radius 3 is 2.72 bits per heavy atom. The van der Waals surface area contributed by atoms with Crippen molar-refractivity contribution in [3.05, 3.63) is 65.7 Å². The lowest BCUT2D eigenvalue weighted by atomic mass is 10.2. The van der Waals surface area contributed by atoms with Crippen molar-refractivity contribution in [1.82, 2.24) is 24.5 Å². The standard InChI is InChI=1S/C23H24N8O/c1-16-4-3-5-18(12-16)13-26-29-21-20-22(28-23(27-21)30-8-10-32-11-9-30)31(15-25-20)19-7-6-17(2)24-14-19/h3-7,12-15H,8-11H2,1-2H3,(H,27,28,29)/b26-13+. The molecule has 0 saturated carbocycles. The summed E-state index contributed by atoms with van der Waals surface area (Å²) >= 11 is 0. The molecule has 0 unspecified atom stereocenters. The molecule has 0 bridgehead atoms. The van der Waals surface area contributed by atoms with Crippen LogP contribution in [-0.2, 0) is 4.74 Å². The van der Waals surface area contributed by atoms with Crippen molar-refractivity contribution in [3.8, 4) is 5.69 Å². The lowest BCUT2D eigenvalue weighted by molar-refractivity contribution is 0.122. The lowest BCUT2D eigenvalue weighted by Gasteiger charge is -2.27. The topological polar surface area (TPSA) is 93.4 Å². The van der Waals surface area contributed by atoms with E-state index in [4.69, 9.17) is 14.7 Å². The van der Waals surface area contributed by atoms with Crippen LogP contribution in [0.3, 0.4) is 0 Å². The predicted octanol–water partition coefficient (Wildman–Crippen LogP) is 3.11. The van der Waals surface area contributed by atoms with Crippen molar-refractivity contribution in [3.63, 3.8) is 0 Å². The SMILES string of the molecule is Cc1cccc(/C=N/Nc2nc(N3CCOCC3)nc3c2ncn3-c2ccc(C)nc2)c1. The summed E-state index contributed by atoms with van der Waals surface area (Å²) in [7, 11) is 0. The number of fused-ring (bicyclic) bond motifs is 1. The van der Waals surface area contributed by atoms with Crippen molar-refractivity contribution < 1.29 is 4.74 Å². The second kappa shape index (κ2) is 8.72. The number of morpholine rings is 1. The Morgan fingerprint density at radius 1 is 1.06 bits per heavy atom. The molecule has 9 nitrogen and oxygen atoms in total. The Hall–Kier alpha value is -3.85. The average Bonchev–Trinajstić information content (AvgIpc) is 3.24. The van der Waals surface area contributed by atoms with E-state index in [0.717, 1.165) is 30.0 Å². The number of hydrogen-bond donors (Lipinski definition) is 1. The summed E-state index contributed by atoms with van der Waals surface area (Å²) < 4.78 is 7.41. The summed E-state index contributed by atoms with van der Waals surface area (Å²) in [6.45, 7) is 6.78. The maximum Gasteiger partial charge on any atom is 0.229 e. The van der Waals surface area contributed by atoms with Gasteiger partial charge in [-0.3, -0.25) is 15.0 Å². The number of nitrogens with one attached hydrogen (secondary N) is 1. The third-order valence-corrected chi connectivity index (χ3v) is 5.28. The molecule has 0 aliphatic carbocycles. The van der Waals surface area contributed by atoms with Crippen LogP contribution in [0.5, 0.6) is 0 Å². The molecule has 3 aromatic heterocycles. The molecule has 4 aromatic rings. The van der Waals surface area contributed by atoms with Gasteiger partial charge in [0, 0.05) is 18.8 Å². The van der Waals surface area contributed by atoms with Crippen LogP contribution in [0.15, 0.2) is 54.0 Å². The molecule has 4 heterocycles. The highest BCUT2D eigenvalue weighted by atomic mass is 16.5. The van der Waals surface area contributed by atoms with E-state index in [1.54, 1.807) is 12.5 Å². The minimum absolute atomic E-state index is 0.555. The van der Waals surface area contributed by atoms with Gasteiger partial charge in [0.1, 0.15) is 6.33 Å². The second-order valence-corrected chi connectivity index (χ2v) is 7.70. The quantitative estimate of drug-likeness (QED) is 0.386. The number of imidazole rings is 1. The van der Waals surface area contributed by atoms with E-state index in [1.807, 2.05) is 42.0 Å². The van der Waals surface area contributed by atoms with Gasteiger partial charge < -0.3 is 9.64 Å². The van der Waals surface area contributed by atoms with Gasteiger partial charge in [-0.05, 0) is 31.5 Å². The molecular formula is C23H24N8O. The van der Waals surface area contributed by atoms with E-state index in [-0.39, 0.29) is 0 Å². The van der Waals surface area contributed by atoms with E-state index < -0.39 is 0 Å². The Bertz CT molecular complexity index is 1260. The van der Waals surface area contributed by atoms with Gasteiger partial charge in [-0.25, -0.2) is 4.98 Å². The highest BCUT2D eigenvalue weighted by Gasteiger charge is 2.19. The third kappa shape index (κ3) is 4.15. The Labute approximate surface area is 185 Å². The fraction of sp³-hybridized carbons (Fsp3) is 0.261. The van der Waals surface area contributed by atoms with Crippen LogP contribution >= 0.6 is 0 Å². The Morgan fingerprint density at radius 2 is 1.94 bits per heavy atom. The zero-order valence-corrected chi connectivity index (χ0v) is 18.1. The summed E-state index contributed by atoms with van der Waals surface area (Å²) in [4.78, 5) is 20.7. The average molecular weight is 429 g/mol. The minimum atomic E-state index is 0.555. The summed E-state index contributed by atoms with van der Waals surface area (Å²) in [5.41, 5.74) is 8.44. The molecule has 162 valence electrons. The highest BCUT2D eigenvalue weighted by molar-refractivity contribution is 5.87. The summed E-state index contributed by atoms with van der Waals surface area (Å²) in [5.74, 6) is 1.18. The van der Waals surface area contributed by atoms with Crippen molar-refractivity contribution in [2.75, 3.05) is 36.6 Å². The van der Waals surface area contributed by atoms with Gasteiger partial charge in [-0.1, -0.05) is 29.8 Å². The molecule has 1 fully saturated rings. The number of benzene rings is 1. The molecule has 1 aliphatic rings. The first kappa shape index (κ1) is 20.1. The molecule has 0 spiro atoms. The number of aryl methyl sites for hydroxylation is 2. The fourth-order valence-electron chi connectivity index (χ4n) is 3.58. The van der Waals surface area contributed by atoms with E-state index in [9.17, 15) is 0 Å². The zero-order chi connectivity index (χ0) is 21.9. The molecule has 1 N–H and O–H groups in total. The van der Waals surface area contributed by atoms with Gasteiger partial charge in [0.2, 0.25) is 5.95 Å². The molecule has 1 aliphatic heterocycles. The van der Waals surface area contributed by atoms with Gasteiger partial charge in [0.15, 0.2) is 17.0 Å². The number of rotatable bonds is 5. The van der Waals surface area contributed by atoms with Crippen molar-refractivity contribution in [2.24, 2.45) is 5.10 Å². The molecule has 9 heteroatoms. The summed E-state index contributed by atoms with van der Waals surface area (Å²) in [5, 5.41) is 4.41. The highest BCUT2D eigenvalue weighted by Crippen LogP contribution is 2.25. The van der Waals surface area contributed by atoms with E-state index in [0.29, 0.717) is 36.1 Å². The number of hydrogen-bond acceptors (Lipinski definition) is 8. The second-order valence-electron chi connectivity index (χ2n) is 7.70. The van der Waals surface area contributed by atoms with Crippen molar-refractivity contribution >= 4 is 29.1 Å². The van der Waals surface area contributed by atoms with Gasteiger partial charge in [-0.2, -0.15) is 15.1 Å². The number of anilines is 2. The Balaban J connectivity index is 1.55. The monoisotopic (exact) mass is 428 g/mol. The normalized spacial score (nSPS) is 14.4. The molecule has 1 aromatic carbocycles. The van der Waals surface area contributed by atoms with Crippen LogP contribution in [0.2, 0.25) is 0 Å². The smallest absolute Gasteiger partial charge is 0.229 e. The Kier molecular flexibility index (Phi) is 5.47. The van der Waals surface area contributed by atoms with Crippen LogP contribution < -0.4 is 10.3 Å². The molecule has 5 rings (SSSR count). The van der Waals surface area contributed by atoms with E-state index in [1.165, 1.54) is 5.56 Å². The van der Waals surface area contributed by atoms with Gasteiger partial charge in [-0.15, -0.1) is 0 Å². The molecule has 0 atom stereocenters. The number of aromatic nitrogens is 5. The molecule has 32 heavy (non-hydrogen) atoms. The van der Waals surface area contributed by atoms with Gasteiger partial charge in [0.25, 0.3) is 0 Å². The summed E-state index contributed by atoms with van der Waals surface area (Å²) in [6.07, 6.45) is 5.33. The van der Waals surface area contributed by atoms with Crippen molar-refractivity contribution in [1.29, 1.82) is 0 Å². The molecular weight excluding hydrogens is 404 g/mol. The minimum Gasteiger partial charge on any atom is -0.378 e. The van der Waals surface area contributed by atoms with Crippen molar-refractivity contribution in [2.45, 2.75) is 13.8 Å². The van der Waals surface area contributed by atoms with Crippen LogP contribution in [0, 0.1) is 13.8 Å².